The maximum atomic E-state index is 12.3. The van der Waals surface area contributed by atoms with E-state index in [1.807, 2.05) is 44.5 Å². The quantitative estimate of drug-likeness (QED) is 0.848. The van der Waals surface area contributed by atoms with Gasteiger partial charge in [-0.25, -0.2) is 0 Å². The summed E-state index contributed by atoms with van der Waals surface area (Å²) < 4.78 is 6.92. The van der Waals surface area contributed by atoms with Crippen molar-refractivity contribution in [3.8, 4) is 0 Å². The second-order valence-corrected chi connectivity index (χ2v) is 5.60. The van der Waals surface area contributed by atoms with Gasteiger partial charge in [0.05, 0.1) is 18.3 Å². The summed E-state index contributed by atoms with van der Waals surface area (Å²) in [5, 5.41) is 8.33. The molecule has 2 rings (SSSR count). The third-order valence-corrected chi connectivity index (χ3v) is 3.43. The molecule has 6 nitrogen and oxygen atoms in total. The zero-order valence-corrected chi connectivity index (χ0v) is 13.3. The van der Waals surface area contributed by atoms with E-state index >= 15 is 0 Å². The average Bonchev–Trinajstić information content (AvgIpc) is 2.95. The van der Waals surface area contributed by atoms with Crippen LogP contribution in [0.4, 0.5) is 0 Å². The molecule has 0 aliphatic carbocycles. The van der Waals surface area contributed by atoms with Gasteiger partial charge in [0, 0.05) is 25.2 Å². The van der Waals surface area contributed by atoms with E-state index in [9.17, 15) is 4.79 Å². The van der Waals surface area contributed by atoms with Gasteiger partial charge in [0.2, 0.25) is 5.91 Å². The number of aryl methyl sites for hydroxylation is 3. The van der Waals surface area contributed by atoms with Crippen LogP contribution in [0.25, 0.3) is 0 Å². The van der Waals surface area contributed by atoms with Crippen molar-refractivity contribution >= 4 is 5.91 Å². The molecule has 0 aliphatic heterocycles. The lowest BCUT2D eigenvalue weighted by atomic mass is 10.2. The maximum absolute atomic E-state index is 12.3. The Morgan fingerprint density at radius 1 is 1.38 bits per heavy atom. The van der Waals surface area contributed by atoms with Gasteiger partial charge >= 0.3 is 0 Å². The molecule has 1 unspecified atom stereocenters. The first-order valence-corrected chi connectivity index (χ1v) is 7.05. The Labute approximate surface area is 124 Å². The summed E-state index contributed by atoms with van der Waals surface area (Å²) in [5.74, 6) is 0.817. The topological polar surface area (TPSA) is 64.2 Å². The average molecular weight is 290 g/mol. The van der Waals surface area contributed by atoms with Gasteiger partial charge < -0.3 is 9.42 Å². The second kappa shape index (κ2) is 6.11. The number of hydrogen-bond acceptors (Lipinski definition) is 4. The fourth-order valence-electron chi connectivity index (χ4n) is 2.41. The Kier molecular flexibility index (Phi) is 4.45. The van der Waals surface area contributed by atoms with Gasteiger partial charge in [-0.15, -0.1) is 0 Å². The number of carbonyl (C=O) groups excluding carboxylic acids is 1. The predicted molar refractivity (Wildman–Crippen MR) is 78.7 cm³/mol. The smallest absolute Gasteiger partial charge is 0.224 e. The molecule has 0 saturated heterocycles. The van der Waals surface area contributed by atoms with Gasteiger partial charge in [-0.05, 0) is 33.8 Å². The van der Waals surface area contributed by atoms with Gasteiger partial charge in [0.15, 0.2) is 0 Å². The lowest BCUT2D eigenvalue weighted by Crippen LogP contribution is -2.28. The van der Waals surface area contributed by atoms with Crippen LogP contribution in [-0.2, 0) is 11.3 Å². The summed E-state index contributed by atoms with van der Waals surface area (Å²) in [7, 11) is 1.78. The van der Waals surface area contributed by atoms with Crippen molar-refractivity contribution in [3.63, 3.8) is 0 Å². The number of carbonyl (C=O) groups is 1. The van der Waals surface area contributed by atoms with Crippen molar-refractivity contribution in [3.05, 3.63) is 35.0 Å². The Morgan fingerprint density at radius 2 is 2.10 bits per heavy atom. The van der Waals surface area contributed by atoms with Crippen molar-refractivity contribution in [2.45, 2.75) is 46.7 Å². The van der Waals surface area contributed by atoms with E-state index in [1.165, 1.54) is 0 Å². The van der Waals surface area contributed by atoms with Crippen LogP contribution in [0.5, 0.6) is 0 Å². The molecule has 0 fully saturated rings. The standard InChI is InChI=1S/C15H22N4O2/c1-10-6-11(2)19(16-10)12(3)7-15(20)18(5)9-14-8-13(4)21-17-14/h6,8,12H,7,9H2,1-5H3. The van der Waals surface area contributed by atoms with E-state index in [0.29, 0.717) is 13.0 Å². The Hall–Kier alpha value is -2.11. The predicted octanol–water partition coefficient (Wildman–Crippen LogP) is 2.41. The third kappa shape index (κ3) is 3.71. The first kappa shape index (κ1) is 15.3. The SMILES string of the molecule is Cc1cc(C)n(C(C)CC(=O)N(C)Cc2cc(C)on2)n1. The van der Waals surface area contributed by atoms with E-state index in [4.69, 9.17) is 4.52 Å². The molecule has 0 N–H and O–H groups in total. The summed E-state index contributed by atoms with van der Waals surface area (Å²) in [4.78, 5) is 13.9. The minimum atomic E-state index is 0.0349. The second-order valence-electron chi connectivity index (χ2n) is 5.60. The van der Waals surface area contributed by atoms with Crippen LogP contribution < -0.4 is 0 Å². The molecule has 2 heterocycles. The molecule has 0 saturated carbocycles. The third-order valence-electron chi connectivity index (χ3n) is 3.43. The van der Waals surface area contributed by atoms with Gasteiger partial charge in [0.25, 0.3) is 0 Å². The fraction of sp³-hybridized carbons (Fsp3) is 0.533. The van der Waals surface area contributed by atoms with E-state index in [0.717, 1.165) is 22.8 Å². The van der Waals surface area contributed by atoms with Crippen molar-refractivity contribution < 1.29 is 9.32 Å². The highest BCUT2D eigenvalue weighted by molar-refractivity contribution is 5.76. The van der Waals surface area contributed by atoms with Crippen LogP contribution in [-0.4, -0.2) is 32.8 Å². The number of hydrogen-bond donors (Lipinski definition) is 0. The fourth-order valence-corrected chi connectivity index (χ4v) is 2.41. The van der Waals surface area contributed by atoms with Crippen LogP contribution >= 0.6 is 0 Å². The number of amides is 1. The lowest BCUT2D eigenvalue weighted by Gasteiger charge is -2.19. The Bertz CT molecular complexity index is 629. The van der Waals surface area contributed by atoms with Crippen LogP contribution in [0.2, 0.25) is 0 Å². The normalized spacial score (nSPS) is 12.4. The highest BCUT2D eigenvalue weighted by atomic mass is 16.5. The zero-order chi connectivity index (χ0) is 15.6. The van der Waals surface area contributed by atoms with Crippen molar-refractivity contribution in [1.29, 1.82) is 0 Å². The highest BCUT2D eigenvalue weighted by Gasteiger charge is 2.17. The summed E-state index contributed by atoms with van der Waals surface area (Å²) in [6.07, 6.45) is 0.412. The maximum Gasteiger partial charge on any atom is 0.224 e. The lowest BCUT2D eigenvalue weighted by molar-refractivity contribution is -0.131. The molecule has 0 radical (unpaired) electrons. The van der Waals surface area contributed by atoms with Gasteiger partial charge in [-0.1, -0.05) is 5.16 Å². The molecule has 0 aromatic carbocycles. The van der Waals surface area contributed by atoms with Crippen LogP contribution in [0.15, 0.2) is 16.7 Å². The molecule has 2 aromatic heterocycles. The van der Waals surface area contributed by atoms with Crippen molar-refractivity contribution in [2.75, 3.05) is 7.05 Å². The monoisotopic (exact) mass is 290 g/mol. The molecule has 0 aliphatic rings. The first-order valence-electron chi connectivity index (χ1n) is 7.05. The van der Waals surface area contributed by atoms with E-state index < -0.39 is 0 Å². The van der Waals surface area contributed by atoms with Crippen LogP contribution in [0, 0.1) is 20.8 Å². The van der Waals surface area contributed by atoms with Crippen LogP contribution in [0.1, 0.15) is 42.2 Å². The molecule has 21 heavy (non-hydrogen) atoms. The molecule has 2 aromatic rings. The summed E-state index contributed by atoms with van der Waals surface area (Å²) in [5.41, 5.74) is 2.81. The molecule has 0 bridgehead atoms. The highest BCUT2D eigenvalue weighted by Crippen LogP contribution is 2.16. The Balaban J connectivity index is 1.95. The largest absolute Gasteiger partial charge is 0.361 e. The molecular weight excluding hydrogens is 268 g/mol. The molecule has 1 amide bonds. The number of aromatic nitrogens is 3. The summed E-state index contributed by atoms with van der Waals surface area (Å²) >= 11 is 0. The van der Waals surface area contributed by atoms with E-state index in [-0.39, 0.29) is 11.9 Å². The molecule has 1 atom stereocenters. The zero-order valence-electron chi connectivity index (χ0n) is 13.3. The van der Waals surface area contributed by atoms with Crippen molar-refractivity contribution in [1.82, 2.24) is 19.8 Å². The molecular formula is C15H22N4O2. The molecule has 0 spiro atoms. The summed E-state index contributed by atoms with van der Waals surface area (Å²) in [6.45, 7) is 8.26. The minimum Gasteiger partial charge on any atom is -0.361 e. The number of rotatable bonds is 5. The molecule has 6 heteroatoms. The number of nitrogens with zero attached hydrogens (tertiary/aromatic N) is 4. The van der Waals surface area contributed by atoms with Gasteiger partial charge in [-0.3, -0.25) is 9.48 Å². The molecule has 114 valence electrons. The minimum absolute atomic E-state index is 0.0349. The Morgan fingerprint density at radius 3 is 2.62 bits per heavy atom. The van der Waals surface area contributed by atoms with Crippen LogP contribution in [0.3, 0.4) is 0 Å². The van der Waals surface area contributed by atoms with E-state index in [2.05, 4.69) is 10.3 Å². The van der Waals surface area contributed by atoms with E-state index in [1.54, 1.807) is 11.9 Å². The first-order chi connectivity index (χ1) is 9.86. The summed E-state index contributed by atoms with van der Waals surface area (Å²) in [6, 6.07) is 3.89. The van der Waals surface area contributed by atoms with Gasteiger partial charge in [-0.2, -0.15) is 5.10 Å². The van der Waals surface area contributed by atoms with Crippen molar-refractivity contribution in [2.24, 2.45) is 0 Å². The van der Waals surface area contributed by atoms with Gasteiger partial charge in [0.1, 0.15) is 11.5 Å².